The van der Waals surface area contributed by atoms with E-state index >= 15 is 0 Å². The number of carbonyl (C=O) groups is 2. The van der Waals surface area contributed by atoms with Gasteiger partial charge in [0.15, 0.2) is 0 Å². The summed E-state index contributed by atoms with van der Waals surface area (Å²) in [5, 5.41) is 12.0. The van der Waals surface area contributed by atoms with Crippen molar-refractivity contribution in [3.05, 3.63) is 29.8 Å². The highest BCUT2D eigenvalue weighted by atomic mass is 16.3. The van der Waals surface area contributed by atoms with Crippen LogP contribution in [0.3, 0.4) is 0 Å². The second-order valence-corrected chi connectivity index (χ2v) is 3.62. The van der Waals surface area contributed by atoms with Crippen LogP contribution >= 0.6 is 0 Å². The monoisotopic (exact) mass is 237 g/mol. The van der Waals surface area contributed by atoms with E-state index in [4.69, 9.17) is 11.5 Å². The smallest absolute Gasteiger partial charge is 0.237 e. The Hall–Kier alpha value is -2.08. The van der Waals surface area contributed by atoms with E-state index in [1.54, 1.807) is 18.2 Å². The molecule has 2 amide bonds. The van der Waals surface area contributed by atoms with E-state index in [0.717, 1.165) is 0 Å². The molecule has 0 bridgehead atoms. The van der Waals surface area contributed by atoms with Crippen LogP contribution in [0.15, 0.2) is 24.3 Å². The summed E-state index contributed by atoms with van der Waals surface area (Å²) < 4.78 is 0. The highest BCUT2D eigenvalue weighted by molar-refractivity contribution is 5.87. The summed E-state index contributed by atoms with van der Waals surface area (Å²) in [7, 11) is 0. The van der Waals surface area contributed by atoms with Gasteiger partial charge in [-0.15, -0.1) is 0 Å². The second-order valence-electron chi connectivity index (χ2n) is 3.62. The number of aromatic hydroxyl groups is 1. The van der Waals surface area contributed by atoms with Crippen molar-refractivity contribution in [2.24, 2.45) is 11.5 Å². The van der Waals surface area contributed by atoms with Crippen LogP contribution in [0, 0.1) is 0 Å². The number of phenolic OH excluding ortho intramolecular Hbond substituents is 1. The second kappa shape index (κ2) is 5.86. The van der Waals surface area contributed by atoms with Gasteiger partial charge in [0.2, 0.25) is 11.8 Å². The minimum absolute atomic E-state index is 0.0938. The third-order valence-corrected chi connectivity index (χ3v) is 2.20. The summed E-state index contributed by atoms with van der Waals surface area (Å²) in [5.74, 6) is -1.02. The number of rotatable bonds is 5. The lowest BCUT2D eigenvalue weighted by Gasteiger charge is -2.11. The summed E-state index contributed by atoms with van der Waals surface area (Å²) in [4.78, 5) is 22.0. The van der Waals surface area contributed by atoms with Crippen LogP contribution in [0.4, 0.5) is 0 Å². The number of nitrogens with one attached hydrogen (secondary N) is 1. The topological polar surface area (TPSA) is 118 Å². The Bertz CT molecular complexity index is 420. The van der Waals surface area contributed by atoms with Gasteiger partial charge >= 0.3 is 0 Å². The highest BCUT2D eigenvalue weighted by Gasteiger charge is 2.15. The fraction of sp³-hybridized carbons (Fsp3) is 0.273. The maximum Gasteiger partial charge on any atom is 0.237 e. The van der Waals surface area contributed by atoms with Crippen LogP contribution in [0.1, 0.15) is 12.0 Å². The van der Waals surface area contributed by atoms with Crippen molar-refractivity contribution in [1.29, 1.82) is 0 Å². The Morgan fingerprint density at radius 3 is 2.59 bits per heavy atom. The molecule has 6 nitrogen and oxygen atoms in total. The predicted molar refractivity (Wildman–Crippen MR) is 61.7 cm³/mol. The molecular weight excluding hydrogens is 222 g/mol. The average Bonchev–Trinajstić information content (AvgIpc) is 2.26. The third-order valence-electron chi connectivity index (χ3n) is 2.20. The molecular formula is C11H15N3O3. The molecule has 0 aliphatic carbocycles. The number of hydrogen-bond donors (Lipinski definition) is 4. The van der Waals surface area contributed by atoms with Crippen molar-refractivity contribution in [2.75, 3.05) is 0 Å². The highest BCUT2D eigenvalue weighted by Crippen LogP contribution is 2.14. The van der Waals surface area contributed by atoms with Crippen molar-refractivity contribution in [1.82, 2.24) is 5.32 Å². The van der Waals surface area contributed by atoms with Crippen LogP contribution in [0.25, 0.3) is 0 Å². The Morgan fingerprint density at radius 1 is 1.35 bits per heavy atom. The Balaban J connectivity index is 2.48. The molecule has 0 aliphatic heterocycles. The van der Waals surface area contributed by atoms with E-state index in [-0.39, 0.29) is 18.7 Å². The van der Waals surface area contributed by atoms with E-state index < -0.39 is 17.9 Å². The predicted octanol–water partition coefficient (Wildman–Crippen LogP) is -0.789. The summed E-state index contributed by atoms with van der Waals surface area (Å²) in [6, 6.07) is 5.66. The van der Waals surface area contributed by atoms with Gasteiger partial charge in [-0.05, 0) is 6.07 Å². The van der Waals surface area contributed by atoms with Crippen LogP contribution in [-0.2, 0) is 16.1 Å². The third kappa shape index (κ3) is 4.12. The maximum atomic E-state index is 11.4. The molecule has 17 heavy (non-hydrogen) atoms. The number of benzene rings is 1. The minimum atomic E-state index is -0.960. The summed E-state index contributed by atoms with van der Waals surface area (Å²) in [6.07, 6.45) is -0.202. The molecule has 0 fully saturated rings. The number of nitrogens with two attached hydrogens (primary N) is 2. The van der Waals surface area contributed by atoms with Crippen LogP contribution in [-0.4, -0.2) is 23.0 Å². The number of amides is 2. The zero-order chi connectivity index (χ0) is 12.8. The number of para-hydroxylation sites is 1. The molecule has 6 heteroatoms. The van der Waals surface area contributed by atoms with Crippen molar-refractivity contribution in [3.8, 4) is 5.75 Å². The molecule has 92 valence electrons. The quantitative estimate of drug-likeness (QED) is 0.536. The lowest BCUT2D eigenvalue weighted by Crippen LogP contribution is -2.42. The minimum Gasteiger partial charge on any atom is -0.508 e. The van der Waals surface area contributed by atoms with E-state index in [2.05, 4.69) is 5.32 Å². The fourth-order valence-electron chi connectivity index (χ4n) is 1.28. The van der Waals surface area contributed by atoms with Gasteiger partial charge in [-0.25, -0.2) is 0 Å². The van der Waals surface area contributed by atoms with Gasteiger partial charge in [0.05, 0.1) is 12.5 Å². The number of carbonyl (C=O) groups excluding carboxylic acids is 2. The standard InChI is InChI=1S/C11H15N3O3/c12-8(5-10(13)16)11(17)14-6-7-3-1-2-4-9(7)15/h1-4,8,15H,5-6,12H2,(H2,13,16)(H,14,17)/t8-/m0/s1. The first-order chi connectivity index (χ1) is 8.00. The van der Waals surface area contributed by atoms with Gasteiger partial charge in [0.25, 0.3) is 0 Å². The maximum absolute atomic E-state index is 11.4. The zero-order valence-electron chi connectivity index (χ0n) is 9.22. The SMILES string of the molecule is NC(=O)C[C@H](N)C(=O)NCc1ccccc1O. The zero-order valence-corrected chi connectivity index (χ0v) is 9.22. The van der Waals surface area contributed by atoms with Crippen molar-refractivity contribution in [2.45, 2.75) is 19.0 Å². The molecule has 0 aliphatic rings. The first kappa shape index (κ1) is 13.0. The molecule has 0 unspecified atom stereocenters. The first-order valence-electron chi connectivity index (χ1n) is 5.09. The normalized spacial score (nSPS) is 11.8. The van der Waals surface area contributed by atoms with Gasteiger partial charge in [0.1, 0.15) is 5.75 Å². The van der Waals surface area contributed by atoms with E-state index in [1.807, 2.05) is 0 Å². The molecule has 0 radical (unpaired) electrons. The molecule has 1 aromatic carbocycles. The Labute approximate surface area is 98.6 Å². The summed E-state index contributed by atoms with van der Waals surface area (Å²) >= 11 is 0. The van der Waals surface area contributed by atoms with Crippen molar-refractivity contribution >= 4 is 11.8 Å². The lowest BCUT2D eigenvalue weighted by atomic mass is 10.1. The van der Waals surface area contributed by atoms with Crippen LogP contribution in [0.2, 0.25) is 0 Å². The number of phenols is 1. The number of hydrogen-bond acceptors (Lipinski definition) is 4. The fourth-order valence-corrected chi connectivity index (χ4v) is 1.28. The van der Waals surface area contributed by atoms with Crippen molar-refractivity contribution < 1.29 is 14.7 Å². The van der Waals surface area contributed by atoms with Gasteiger partial charge in [-0.3, -0.25) is 9.59 Å². The largest absolute Gasteiger partial charge is 0.508 e. The molecule has 0 heterocycles. The molecule has 0 aromatic heterocycles. The number of primary amides is 1. The lowest BCUT2D eigenvalue weighted by molar-refractivity contribution is -0.126. The summed E-state index contributed by atoms with van der Waals surface area (Å²) in [5.41, 5.74) is 10.9. The van der Waals surface area contributed by atoms with Gasteiger partial charge in [-0.2, -0.15) is 0 Å². The van der Waals surface area contributed by atoms with Gasteiger partial charge in [-0.1, -0.05) is 18.2 Å². The van der Waals surface area contributed by atoms with E-state index in [9.17, 15) is 14.7 Å². The Kier molecular flexibility index (Phi) is 4.47. The van der Waals surface area contributed by atoms with E-state index in [1.165, 1.54) is 6.07 Å². The van der Waals surface area contributed by atoms with E-state index in [0.29, 0.717) is 5.56 Å². The molecule has 1 aromatic rings. The van der Waals surface area contributed by atoms with Crippen molar-refractivity contribution in [3.63, 3.8) is 0 Å². The molecule has 0 spiro atoms. The molecule has 1 rings (SSSR count). The van der Waals surface area contributed by atoms with Crippen LogP contribution < -0.4 is 16.8 Å². The molecule has 6 N–H and O–H groups in total. The molecule has 0 saturated carbocycles. The Morgan fingerprint density at radius 2 is 2.00 bits per heavy atom. The summed E-state index contributed by atoms with van der Waals surface area (Å²) in [6.45, 7) is 0.151. The first-order valence-corrected chi connectivity index (χ1v) is 5.09. The van der Waals surface area contributed by atoms with Crippen LogP contribution in [0.5, 0.6) is 5.75 Å². The van der Waals surface area contributed by atoms with Gasteiger partial charge in [0, 0.05) is 12.1 Å². The molecule has 0 saturated heterocycles. The average molecular weight is 237 g/mol. The van der Waals surface area contributed by atoms with Gasteiger partial charge < -0.3 is 21.9 Å². The molecule has 1 atom stereocenters.